The Morgan fingerprint density at radius 3 is 2.15 bits per heavy atom. The lowest BCUT2D eigenvalue weighted by atomic mass is 9.82. The van der Waals surface area contributed by atoms with E-state index < -0.39 is 12.1 Å². The van der Waals surface area contributed by atoms with Crippen LogP contribution in [0.25, 0.3) is 0 Å². The molecule has 0 aromatic carbocycles. The highest BCUT2D eigenvalue weighted by atomic mass is 16.5. The fraction of sp³-hybridized carbons (Fsp3) is 0.857. The van der Waals surface area contributed by atoms with Crippen LogP contribution in [0.5, 0.6) is 0 Å². The molecule has 0 fully saturated rings. The van der Waals surface area contributed by atoms with Crippen LogP contribution in [-0.4, -0.2) is 42.4 Å². The number of carboxylic acid groups (broad SMARTS) is 1. The number of carboxylic acids is 1. The molecule has 0 saturated carbocycles. The molecule has 6 nitrogen and oxygen atoms in total. The zero-order chi connectivity index (χ0) is 16.0. The topological polar surface area (TPSA) is 87.7 Å². The maximum atomic E-state index is 11.8. The Morgan fingerprint density at radius 1 is 1.20 bits per heavy atom. The Labute approximate surface area is 121 Å². The number of urea groups is 1. The van der Waals surface area contributed by atoms with E-state index in [1.807, 2.05) is 13.8 Å². The molecule has 0 rings (SSSR count). The molecule has 1 atom stereocenters. The van der Waals surface area contributed by atoms with Crippen molar-refractivity contribution in [1.29, 1.82) is 0 Å². The molecule has 0 spiro atoms. The van der Waals surface area contributed by atoms with Crippen LogP contribution in [0.15, 0.2) is 0 Å². The second kappa shape index (κ2) is 7.47. The zero-order valence-corrected chi connectivity index (χ0v) is 13.4. The van der Waals surface area contributed by atoms with Gasteiger partial charge in [-0.25, -0.2) is 4.79 Å². The van der Waals surface area contributed by atoms with Gasteiger partial charge in [0.05, 0.1) is 12.5 Å². The second-order valence-corrected chi connectivity index (χ2v) is 6.91. The number of carbonyl (C=O) groups excluding carboxylic acids is 1. The average molecular weight is 288 g/mol. The molecule has 6 heteroatoms. The van der Waals surface area contributed by atoms with Gasteiger partial charge in [-0.15, -0.1) is 0 Å². The summed E-state index contributed by atoms with van der Waals surface area (Å²) in [4.78, 5) is 22.4. The van der Waals surface area contributed by atoms with Gasteiger partial charge >= 0.3 is 12.0 Å². The molecule has 0 aliphatic rings. The minimum absolute atomic E-state index is 0.106. The zero-order valence-electron chi connectivity index (χ0n) is 13.4. The molecule has 0 radical (unpaired) electrons. The van der Waals surface area contributed by atoms with Crippen molar-refractivity contribution in [3.8, 4) is 0 Å². The van der Waals surface area contributed by atoms with E-state index in [-0.39, 0.29) is 30.0 Å². The van der Waals surface area contributed by atoms with Crippen molar-refractivity contribution in [3.63, 3.8) is 0 Å². The number of hydrogen-bond donors (Lipinski definition) is 3. The Hall–Kier alpha value is -1.30. The first kappa shape index (κ1) is 18.7. The molecule has 0 aromatic rings. The molecular formula is C14H28N2O4. The number of carbonyl (C=O) groups is 2. The average Bonchev–Trinajstić information content (AvgIpc) is 2.19. The molecule has 2 amide bonds. The summed E-state index contributed by atoms with van der Waals surface area (Å²) in [5, 5.41) is 14.2. The minimum Gasteiger partial charge on any atom is -0.481 e. The molecule has 3 N–H and O–H groups in total. The molecule has 20 heavy (non-hydrogen) atoms. The summed E-state index contributed by atoms with van der Waals surface area (Å²) < 4.78 is 5.00. The van der Waals surface area contributed by atoms with Crippen molar-refractivity contribution >= 4 is 12.0 Å². The van der Waals surface area contributed by atoms with E-state index >= 15 is 0 Å². The lowest BCUT2D eigenvalue weighted by molar-refractivity contribution is -0.139. The van der Waals surface area contributed by atoms with Crippen molar-refractivity contribution in [2.45, 2.75) is 59.1 Å². The summed E-state index contributed by atoms with van der Waals surface area (Å²) in [6.07, 6.45) is 0.169. The first-order chi connectivity index (χ1) is 8.95. The van der Waals surface area contributed by atoms with Crippen LogP contribution in [0.2, 0.25) is 0 Å². The van der Waals surface area contributed by atoms with E-state index in [2.05, 4.69) is 31.4 Å². The largest absolute Gasteiger partial charge is 0.481 e. The molecule has 0 heterocycles. The number of methoxy groups -OCH3 is 1. The van der Waals surface area contributed by atoms with Crippen molar-refractivity contribution in [1.82, 2.24) is 10.6 Å². The minimum atomic E-state index is -0.952. The monoisotopic (exact) mass is 288 g/mol. The number of hydrogen-bond acceptors (Lipinski definition) is 3. The Bertz CT molecular complexity index is 335. The van der Waals surface area contributed by atoms with Gasteiger partial charge in [-0.1, -0.05) is 20.8 Å². The molecule has 1 unspecified atom stereocenters. The number of amides is 2. The van der Waals surface area contributed by atoms with Gasteiger partial charge in [-0.3, -0.25) is 4.79 Å². The first-order valence-corrected chi connectivity index (χ1v) is 6.76. The number of ether oxygens (including phenoxy) is 1. The molecule has 0 aromatic heterocycles. The number of rotatable bonds is 7. The summed E-state index contributed by atoms with van der Waals surface area (Å²) in [5.74, 6) is -0.952. The van der Waals surface area contributed by atoms with Crippen LogP contribution < -0.4 is 10.6 Å². The van der Waals surface area contributed by atoms with Gasteiger partial charge in [0.1, 0.15) is 0 Å². The van der Waals surface area contributed by atoms with E-state index in [0.29, 0.717) is 0 Å². The van der Waals surface area contributed by atoms with E-state index in [0.717, 1.165) is 6.42 Å². The second-order valence-electron chi connectivity index (χ2n) is 6.91. The number of nitrogens with one attached hydrogen (secondary N) is 2. The highest BCUT2D eigenvalue weighted by Crippen LogP contribution is 2.26. The third-order valence-electron chi connectivity index (χ3n) is 2.65. The van der Waals surface area contributed by atoms with Crippen LogP contribution in [0.3, 0.4) is 0 Å². The summed E-state index contributed by atoms with van der Waals surface area (Å²) in [6, 6.07) is -0.313. The molecular weight excluding hydrogens is 260 g/mol. The molecule has 0 saturated heterocycles. The van der Waals surface area contributed by atoms with Gasteiger partial charge < -0.3 is 20.5 Å². The molecule has 0 aliphatic heterocycles. The van der Waals surface area contributed by atoms with Crippen molar-refractivity contribution < 1.29 is 19.4 Å². The van der Waals surface area contributed by atoms with Gasteiger partial charge in [0, 0.05) is 19.2 Å². The highest BCUT2D eigenvalue weighted by Gasteiger charge is 2.27. The van der Waals surface area contributed by atoms with Gasteiger partial charge in [-0.2, -0.15) is 0 Å². The predicted molar refractivity (Wildman–Crippen MR) is 77.7 cm³/mol. The number of aliphatic carboxylic acids is 1. The standard InChI is InChI=1S/C14H28N2O4/c1-13(2,3)9-14(4,5)16-12(19)15-8-10(20-6)7-11(17)18/h10H,7-9H2,1-6H3,(H,17,18)(H2,15,16,19). The Morgan fingerprint density at radius 2 is 1.75 bits per heavy atom. The van der Waals surface area contributed by atoms with Crippen LogP contribution in [0.4, 0.5) is 4.79 Å². The SMILES string of the molecule is COC(CNC(=O)NC(C)(C)CC(C)(C)C)CC(=O)O. The van der Waals surface area contributed by atoms with Gasteiger partial charge in [0.15, 0.2) is 0 Å². The van der Waals surface area contributed by atoms with E-state index in [4.69, 9.17) is 9.84 Å². The van der Waals surface area contributed by atoms with Crippen molar-refractivity contribution in [2.75, 3.05) is 13.7 Å². The van der Waals surface area contributed by atoms with E-state index in [9.17, 15) is 9.59 Å². The summed E-state index contributed by atoms with van der Waals surface area (Å²) in [5.41, 5.74) is -0.229. The molecule has 0 bridgehead atoms. The lowest BCUT2D eigenvalue weighted by Crippen LogP contribution is -2.51. The normalized spacial score (nSPS) is 13.7. The van der Waals surface area contributed by atoms with Gasteiger partial charge in [0.25, 0.3) is 0 Å². The fourth-order valence-corrected chi connectivity index (χ4v) is 2.36. The summed E-state index contributed by atoms with van der Waals surface area (Å²) >= 11 is 0. The van der Waals surface area contributed by atoms with Gasteiger partial charge in [0.2, 0.25) is 0 Å². The highest BCUT2D eigenvalue weighted by molar-refractivity contribution is 5.75. The smallest absolute Gasteiger partial charge is 0.315 e. The Kier molecular flexibility index (Phi) is 6.99. The van der Waals surface area contributed by atoms with Crippen LogP contribution in [0.1, 0.15) is 47.5 Å². The predicted octanol–water partition coefficient (Wildman–Crippen LogP) is 1.99. The van der Waals surface area contributed by atoms with Crippen molar-refractivity contribution in [2.24, 2.45) is 5.41 Å². The van der Waals surface area contributed by atoms with Crippen molar-refractivity contribution in [3.05, 3.63) is 0 Å². The van der Waals surface area contributed by atoms with E-state index in [1.54, 1.807) is 0 Å². The molecule has 0 aliphatic carbocycles. The fourth-order valence-electron chi connectivity index (χ4n) is 2.36. The van der Waals surface area contributed by atoms with Crippen LogP contribution >= 0.6 is 0 Å². The van der Waals surface area contributed by atoms with Crippen LogP contribution in [-0.2, 0) is 9.53 Å². The molecule has 118 valence electrons. The first-order valence-electron chi connectivity index (χ1n) is 6.76. The third kappa shape index (κ3) is 9.61. The Balaban J connectivity index is 4.25. The maximum Gasteiger partial charge on any atom is 0.315 e. The summed E-state index contributed by atoms with van der Waals surface area (Å²) in [6.45, 7) is 10.4. The quantitative estimate of drug-likeness (QED) is 0.668. The lowest BCUT2D eigenvalue weighted by Gasteiger charge is -2.33. The van der Waals surface area contributed by atoms with Gasteiger partial charge in [-0.05, 0) is 25.7 Å². The van der Waals surface area contributed by atoms with E-state index in [1.165, 1.54) is 7.11 Å². The maximum absolute atomic E-state index is 11.8. The third-order valence-corrected chi connectivity index (χ3v) is 2.65. The van der Waals surface area contributed by atoms with Crippen LogP contribution in [0, 0.1) is 5.41 Å². The summed E-state index contributed by atoms with van der Waals surface area (Å²) in [7, 11) is 1.43.